The van der Waals surface area contributed by atoms with Gasteiger partial charge in [0, 0.05) is 17.7 Å². The maximum absolute atomic E-state index is 13.4. The van der Waals surface area contributed by atoms with Crippen LogP contribution in [0.2, 0.25) is 10.0 Å². The molecule has 0 amide bonds. The summed E-state index contributed by atoms with van der Waals surface area (Å²) in [5.74, 6) is 0.640. The molecule has 1 N–H and O–H groups in total. The average molecular weight is 398 g/mol. The Balaban J connectivity index is 1.96. The Kier molecular flexibility index (Phi) is 4.12. The first-order valence-electron chi connectivity index (χ1n) is 7.84. The van der Waals surface area contributed by atoms with Crippen LogP contribution in [-0.2, 0) is 12.6 Å². The number of halogens is 5. The van der Waals surface area contributed by atoms with Crippen molar-refractivity contribution in [2.75, 3.05) is 11.9 Å². The van der Waals surface area contributed by atoms with Crippen LogP contribution in [0.1, 0.15) is 11.1 Å². The maximum Gasteiger partial charge on any atom is 0.417 e. The van der Waals surface area contributed by atoms with E-state index in [0.29, 0.717) is 40.2 Å². The summed E-state index contributed by atoms with van der Waals surface area (Å²) in [4.78, 5) is 0. The molecule has 1 aromatic heterocycles. The summed E-state index contributed by atoms with van der Waals surface area (Å²) in [5, 5.41) is 8.29. The summed E-state index contributed by atoms with van der Waals surface area (Å²) in [6.45, 7) is 0.618. The highest BCUT2D eigenvalue weighted by Crippen LogP contribution is 2.42. The molecular weight excluding hydrogens is 386 g/mol. The molecule has 8 heteroatoms. The number of anilines is 1. The first-order valence-corrected chi connectivity index (χ1v) is 8.60. The molecule has 0 unspecified atom stereocenters. The van der Waals surface area contributed by atoms with Crippen molar-refractivity contribution in [3.05, 3.63) is 63.6 Å². The van der Waals surface area contributed by atoms with Crippen LogP contribution in [0.4, 0.5) is 19.0 Å². The van der Waals surface area contributed by atoms with Crippen molar-refractivity contribution in [1.82, 2.24) is 9.78 Å². The van der Waals surface area contributed by atoms with Gasteiger partial charge < -0.3 is 5.32 Å². The lowest BCUT2D eigenvalue weighted by Gasteiger charge is -2.12. The number of alkyl halides is 3. The number of hydrogen-bond acceptors (Lipinski definition) is 2. The van der Waals surface area contributed by atoms with E-state index in [1.807, 2.05) is 0 Å². The summed E-state index contributed by atoms with van der Waals surface area (Å²) >= 11 is 12.4. The zero-order chi connectivity index (χ0) is 18.5. The molecule has 3 nitrogen and oxygen atoms in total. The smallest absolute Gasteiger partial charge is 0.369 e. The fourth-order valence-corrected chi connectivity index (χ4v) is 3.53. The summed E-state index contributed by atoms with van der Waals surface area (Å²) in [6.07, 6.45) is -3.89. The maximum atomic E-state index is 13.4. The number of aromatic nitrogens is 2. The van der Waals surface area contributed by atoms with E-state index in [1.165, 1.54) is 16.8 Å². The molecule has 26 heavy (non-hydrogen) atoms. The highest BCUT2D eigenvalue weighted by atomic mass is 35.5. The number of rotatable bonds is 2. The Bertz CT molecular complexity index is 996. The Hall–Kier alpha value is -2.18. The number of hydrogen-bond donors (Lipinski definition) is 1. The summed E-state index contributed by atoms with van der Waals surface area (Å²) in [6, 6.07) is 10.5. The second kappa shape index (κ2) is 6.21. The number of benzene rings is 2. The molecule has 3 aromatic rings. The molecule has 0 saturated carbocycles. The van der Waals surface area contributed by atoms with Gasteiger partial charge in [-0.2, -0.15) is 18.3 Å². The minimum Gasteiger partial charge on any atom is -0.369 e. The molecule has 2 heterocycles. The number of fused-ring (bicyclic) bond motifs is 1. The van der Waals surface area contributed by atoms with Crippen molar-refractivity contribution in [3.8, 4) is 16.9 Å². The van der Waals surface area contributed by atoms with E-state index < -0.39 is 11.7 Å². The number of nitrogens with one attached hydrogen (secondary N) is 1. The van der Waals surface area contributed by atoms with E-state index in [-0.39, 0.29) is 5.56 Å². The molecule has 1 aliphatic heterocycles. The van der Waals surface area contributed by atoms with Crippen LogP contribution in [0.25, 0.3) is 16.9 Å². The third-order valence-electron chi connectivity index (χ3n) is 4.30. The Morgan fingerprint density at radius 2 is 1.81 bits per heavy atom. The Labute approximate surface area is 157 Å². The van der Waals surface area contributed by atoms with Crippen LogP contribution in [-0.4, -0.2) is 16.3 Å². The van der Waals surface area contributed by atoms with Crippen molar-refractivity contribution < 1.29 is 13.2 Å². The van der Waals surface area contributed by atoms with Crippen LogP contribution in [0.15, 0.2) is 42.5 Å². The quantitative estimate of drug-likeness (QED) is 0.589. The highest BCUT2D eigenvalue weighted by Gasteiger charge is 2.36. The molecule has 0 aliphatic carbocycles. The first kappa shape index (κ1) is 17.2. The number of nitrogens with zero attached hydrogens (tertiary/aromatic N) is 2. The van der Waals surface area contributed by atoms with E-state index >= 15 is 0 Å². The van der Waals surface area contributed by atoms with E-state index in [0.717, 1.165) is 11.6 Å². The van der Waals surface area contributed by atoms with Crippen LogP contribution >= 0.6 is 23.2 Å². The van der Waals surface area contributed by atoms with Gasteiger partial charge in [-0.15, -0.1) is 0 Å². The second-order valence-corrected chi connectivity index (χ2v) is 6.67. The fourth-order valence-electron chi connectivity index (χ4n) is 3.16. The molecule has 0 saturated heterocycles. The molecule has 4 rings (SSSR count). The fraction of sp³-hybridized carbons (Fsp3) is 0.167. The lowest BCUT2D eigenvalue weighted by atomic mass is 10.0. The highest BCUT2D eigenvalue weighted by molar-refractivity contribution is 6.43. The average Bonchev–Trinajstić information content (AvgIpc) is 3.19. The Morgan fingerprint density at radius 1 is 1.04 bits per heavy atom. The molecule has 2 aromatic carbocycles. The predicted octanol–water partition coefficient (Wildman–Crippen LogP) is 5.83. The summed E-state index contributed by atoms with van der Waals surface area (Å²) < 4.78 is 41.9. The van der Waals surface area contributed by atoms with Crippen LogP contribution in [0.5, 0.6) is 0 Å². The van der Waals surface area contributed by atoms with Gasteiger partial charge in [-0.1, -0.05) is 47.5 Å². The molecule has 0 fully saturated rings. The van der Waals surface area contributed by atoms with E-state index in [4.69, 9.17) is 23.2 Å². The third kappa shape index (κ3) is 2.73. The molecule has 0 spiro atoms. The van der Waals surface area contributed by atoms with Crippen molar-refractivity contribution >= 4 is 29.0 Å². The molecule has 0 atom stereocenters. The van der Waals surface area contributed by atoms with Gasteiger partial charge in [0.15, 0.2) is 0 Å². The van der Waals surface area contributed by atoms with Gasteiger partial charge >= 0.3 is 6.18 Å². The van der Waals surface area contributed by atoms with Gasteiger partial charge in [0.05, 0.1) is 27.0 Å². The zero-order valence-corrected chi connectivity index (χ0v) is 14.8. The van der Waals surface area contributed by atoms with E-state index in [2.05, 4.69) is 10.4 Å². The molecule has 1 aliphatic rings. The summed E-state index contributed by atoms with van der Waals surface area (Å²) in [7, 11) is 0. The van der Waals surface area contributed by atoms with Gasteiger partial charge in [0.2, 0.25) is 0 Å². The largest absolute Gasteiger partial charge is 0.417 e. The van der Waals surface area contributed by atoms with Gasteiger partial charge in [-0.25, -0.2) is 4.68 Å². The normalized spacial score (nSPS) is 13.6. The zero-order valence-electron chi connectivity index (χ0n) is 13.2. The van der Waals surface area contributed by atoms with Crippen LogP contribution in [0, 0.1) is 0 Å². The lowest BCUT2D eigenvalue weighted by Crippen LogP contribution is -2.08. The van der Waals surface area contributed by atoms with E-state index in [1.54, 1.807) is 24.3 Å². The van der Waals surface area contributed by atoms with Gasteiger partial charge in [-0.3, -0.25) is 0 Å². The van der Waals surface area contributed by atoms with Crippen molar-refractivity contribution in [3.63, 3.8) is 0 Å². The van der Waals surface area contributed by atoms with Crippen molar-refractivity contribution in [2.24, 2.45) is 0 Å². The van der Waals surface area contributed by atoms with Gasteiger partial charge in [0.1, 0.15) is 5.82 Å². The molecule has 0 bridgehead atoms. The molecular formula is C18H12Cl2F3N3. The first-order chi connectivity index (χ1) is 12.4. The summed E-state index contributed by atoms with van der Waals surface area (Å²) in [5.41, 5.74) is 0.889. The van der Waals surface area contributed by atoms with Crippen LogP contribution < -0.4 is 5.32 Å². The minimum absolute atomic E-state index is 0.0526. The second-order valence-electron chi connectivity index (χ2n) is 5.88. The molecule has 134 valence electrons. The molecule has 0 radical (unpaired) electrons. The predicted molar refractivity (Wildman–Crippen MR) is 96.2 cm³/mol. The van der Waals surface area contributed by atoms with Gasteiger partial charge in [0.25, 0.3) is 0 Å². The topological polar surface area (TPSA) is 29.9 Å². The minimum atomic E-state index is -4.47. The Morgan fingerprint density at radius 3 is 2.58 bits per heavy atom. The van der Waals surface area contributed by atoms with Gasteiger partial charge in [-0.05, 0) is 24.6 Å². The lowest BCUT2D eigenvalue weighted by molar-refractivity contribution is -0.137. The van der Waals surface area contributed by atoms with Crippen molar-refractivity contribution in [2.45, 2.75) is 12.6 Å². The standard InChI is InChI=1S/C18H12Cl2F3N3/c19-13-6-3-7-14(15(13)20)26-17-11(8-9-24-17)16(25-26)10-4-1-2-5-12(10)18(21,22)23/h1-7,24H,8-9H2. The van der Waals surface area contributed by atoms with E-state index in [9.17, 15) is 13.2 Å². The monoisotopic (exact) mass is 397 g/mol. The van der Waals surface area contributed by atoms with Crippen molar-refractivity contribution in [1.29, 1.82) is 0 Å². The van der Waals surface area contributed by atoms with Crippen LogP contribution in [0.3, 0.4) is 0 Å². The third-order valence-corrected chi connectivity index (χ3v) is 5.11. The SMILES string of the molecule is FC(F)(F)c1ccccc1-c1nn(-c2cccc(Cl)c2Cl)c2c1CCN2.